The summed E-state index contributed by atoms with van der Waals surface area (Å²) in [5.41, 5.74) is 3.38. The van der Waals surface area contributed by atoms with Crippen LogP contribution in [-0.2, 0) is 11.2 Å². The number of rotatable bonds is 7. The van der Waals surface area contributed by atoms with Gasteiger partial charge in [0.15, 0.2) is 0 Å². The highest BCUT2D eigenvalue weighted by Gasteiger charge is 2.14. The molecular formula is C20H25N3O2. The van der Waals surface area contributed by atoms with Gasteiger partial charge in [0.2, 0.25) is 5.91 Å². The van der Waals surface area contributed by atoms with E-state index in [0.29, 0.717) is 5.56 Å². The lowest BCUT2D eigenvalue weighted by Gasteiger charge is -2.17. The van der Waals surface area contributed by atoms with Crippen molar-refractivity contribution in [2.45, 2.75) is 26.3 Å². The van der Waals surface area contributed by atoms with E-state index in [1.54, 1.807) is 0 Å². The Morgan fingerprint density at radius 3 is 2.56 bits per heavy atom. The second-order valence-electron chi connectivity index (χ2n) is 6.01. The van der Waals surface area contributed by atoms with E-state index in [9.17, 15) is 9.59 Å². The molecule has 5 nitrogen and oxygen atoms in total. The number of carbonyl (C=O) groups excluding carboxylic acids is 2. The summed E-state index contributed by atoms with van der Waals surface area (Å²) in [5, 5.41) is 8.90. The van der Waals surface area contributed by atoms with Gasteiger partial charge in [-0.25, -0.2) is 0 Å². The number of benzene rings is 2. The van der Waals surface area contributed by atoms with Gasteiger partial charge in [0, 0.05) is 18.2 Å². The lowest BCUT2D eigenvalue weighted by molar-refractivity contribution is -0.114. The molecule has 0 radical (unpaired) electrons. The van der Waals surface area contributed by atoms with Crippen LogP contribution in [-0.4, -0.2) is 25.4 Å². The zero-order valence-electron chi connectivity index (χ0n) is 14.9. The van der Waals surface area contributed by atoms with Crippen LogP contribution in [0.4, 0.5) is 5.69 Å². The minimum atomic E-state index is -0.168. The number of hydrogen-bond donors (Lipinski definition) is 3. The molecule has 0 fully saturated rings. The fourth-order valence-electron chi connectivity index (χ4n) is 2.67. The van der Waals surface area contributed by atoms with Crippen molar-refractivity contribution in [2.24, 2.45) is 0 Å². The Morgan fingerprint density at radius 2 is 1.84 bits per heavy atom. The summed E-state index contributed by atoms with van der Waals surface area (Å²) in [6, 6.07) is 15.0. The molecule has 0 spiro atoms. The molecule has 0 aromatic heterocycles. The van der Waals surface area contributed by atoms with Crippen molar-refractivity contribution in [3.63, 3.8) is 0 Å². The number of anilines is 1. The lowest BCUT2D eigenvalue weighted by Crippen LogP contribution is -2.28. The van der Waals surface area contributed by atoms with Gasteiger partial charge < -0.3 is 16.0 Å². The highest BCUT2D eigenvalue weighted by Crippen LogP contribution is 2.19. The average molecular weight is 339 g/mol. The third-order valence-corrected chi connectivity index (χ3v) is 3.96. The molecule has 0 heterocycles. The first-order valence-electron chi connectivity index (χ1n) is 8.42. The zero-order chi connectivity index (χ0) is 18.2. The van der Waals surface area contributed by atoms with Crippen LogP contribution in [0, 0.1) is 0 Å². The SMILES string of the molecule is CNCCc1ccccc1C(=O)NC(C)c1cccc(NC(C)=O)c1. The molecule has 2 aromatic rings. The predicted octanol–water partition coefficient (Wildman–Crippen LogP) is 2.90. The van der Waals surface area contributed by atoms with Crippen molar-refractivity contribution < 1.29 is 9.59 Å². The number of hydrogen-bond acceptors (Lipinski definition) is 3. The molecule has 0 saturated heterocycles. The molecular weight excluding hydrogens is 314 g/mol. The van der Waals surface area contributed by atoms with Crippen LogP contribution < -0.4 is 16.0 Å². The molecule has 2 rings (SSSR count). The summed E-state index contributed by atoms with van der Waals surface area (Å²) in [6.45, 7) is 4.22. The predicted molar refractivity (Wildman–Crippen MR) is 101 cm³/mol. The first-order chi connectivity index (χ1) is 12.0. The Balaban J connectivity index is 2.11. The van der Waals surface area contributed by atoms with Gasteiger partial charge in [-0.2, -0.15) is 0 Å². The molecule has 1 unspecified atom stereocenters. The van der Waals surface area contributed by atoms with E-state index < -0.39 is 0 Å². The summed E-state index contributed by atoms with van der Waals surface area (Å²) < 4.78 is 0. The maximum absolute atomic E-state index is 12.7. The Labute approximate surface area is 148 Å². The summed E-state index contributed by atoms with van der Waals surface area (Å²) in [6.07, 6.45) is 0.798. The van der Waals surface area contributed by atoms with Gasteiger partial charge in [-0.05, 0) is 56.3 Å². The Morgan fingerprint density at radius 1 is 1.08 bits per heavy atom. The van der Waals surface area contributed by atoms with Crippen LogP contribution in [0.15, 0.2) is 48.5 Å². The Hall–Kier alpha value is -2.66. The summed E-state index contributed by atoms with van der Waals surface area (Å²) >= 11 is 0. The monoisotopic (exact) mass is 339 g/mol. The molecule has 0 saturated carbocycles. The van der Waals surface area contributed by atoms with E-state index in [-0.39, 0.29) is 17.9 Å². The van der Waals surface area contributed by atoms with Crippen LogP contribution in [0.5, 0.6) is 0 Å². The number of likely N-dealkylation sites (N-methyl/N-ethyl adjacent to an activating group) is 1. The van der Waals surface area contributed by atoms with E-state index in [4.69, 9.17) is 0 Å². The van der Waals surface area contributed by atoms with Crippen molar-refractivity contribution in [1.82, 2.24) is 10.6 Å². The van der Waals surface area contributed by atoms with Gasteiger partial charge >= 0.3 is 0 Å². The van der Waals surface area contributed by atoms with Crippen molar-refractivity contribution in [3.05, 3.63) is 65.2 Å². The van der Waals surface area contributed by atoms with Gasteiger partial charge in [0.1, 0.15) is 0 Å². The molecule has 2 aromatic carbocycles. The highest BCUT2D eigenvalue weighted by molar-refractivity contribution is 5.96. The summed E-state index contributed by atoms with van der Waals surface area (Å²) in [7, 11) is 1.90. The van der Waals surface area contributed by atoms with E-state index in [1.807, 2.05) is 62.5 Å². The standard InChI is InChI=1S/C20H25N3O2/c1-14(17-8-6-9-18(13-17)23-15(2)24)22-20(25)19-10-5-4-7-16(19)11-12-21-3/h4-10,13-14,21H,11-12H2,1-3H3,(H,22,25)(H,23,24). The molecule has 2 amide bonds. The van der Waals surface area contributed by atoms with Crippen molar-refractivity contribution in [2.75, 3.05) is 18.9 Å². The van der Waals surface area contributed by atoms with Gasteiger partial charge in [-0.3, -0.25) is 9.59 Å². The summed E-state index contributed by atoms with van der Waals surface area (Å²) in [5.74, 6) is -0.212. The highest BCUT2D eigenvalue weighted by atomic mass is 16.2. The van der Waals surface area contributed by atoms with Crippen LogP contribution >= 0.6 is 0 Å². The normalized spacial score (nSPS) is 11.6. The van der Waals surface area contributed by atoms with E-state index in [2.05, 4.69) is 16.0 Å². The van der Waals surface area contributed by atoms with E-state index >= 15 is 0 Å². The molecule has 0 bridgehead atoms. The molecule has 0 aliphatic carbocycles. The maximum Gasteiger partial charge on any atom is 0.252 e. The first kappa shape index (κ1) is 18.7. The third-order valence-electron chi connectivity index (χ3n) is 3.96. The fourth-order valence-corrected chi connectivity index (χ4v) is 2.67. The van der Waals surface area contributed by atoms with Crippen LogP contribution in [0.2, 0.25) is 0 Å². The molecule has 25 heavy (non-hydrogen) atoms. The zero-order valence-corrected chi connectivity index (χ0v) is 14.9. The second kappa shape index (κ2) is 8.99. The number of nitrogens with one attached hydrogen (secondary N) is 3. The van der Waals surface area contributed by atoms with Gasteiger partial charge in [0.05, 0.1) is 6.04 Å². The van der Waals surface area contributed by atoms with Crippen LogP contribution in [0.3, 0.4) is 0 Å². The molecule has 5 heteroatoms. The molecule has 1 atom stereocenters. The largest absolute Gasteiger partial charge is 0.346 e. The Kier molecular flexibility index (Phi) is 6.71. The molecule has 132 valence electrons. The summed E-state index contributed by atoms with van der Waals surface area (Å²) in [4.78, 5) is 23.9. The molecule has 0 aliphatic heterocycles. The smallest absolute Gasteiger partial charge is 0.252 e. The third kappa shape index (κ3) is 5.43. The topological polar surface area (TPSA) is 70.2 Å². The number of amides is 2. The minimum Gasteiger partial charge on any atom is -0.346 e. The van der Waals surface area contributed by atoms with Gasteiger partial charge in [-0.1, -0.05) is 30.3 Å². The molecule has 3 N–H and O–H groups in total. The van der Waals surface area contributed by atoms with E-state index in [1.165, 1.54) is 6.92 Å². The van der Waals surface area contributed by atoms with Crippen molar-refractivity contribution in [1.29, 1.82) is 0 Å². The maximum atomic E-state index is 12.7. The quantitative estimate of drug-likeness (QED) is 0.726. The van der Waals surface area contributed by atoms with Crippen molar-refractivity contribution in [3.8, 4) is 0 Å². The first-order valence-corrected chi connectivity index (χ1v) is 8.42. The van der Waals surface area contributed by atoms with Crippen LogP contribution in [0.25, 0.3) is 0 Å². The number of carbonyl (C=O) groups is 2. The van der Waals surface area contributed by atoms with Gasteiger partial charge in [-0.15, -0.1) is 0 Å². The minimum absolute atomic E-state index is 0.0934. The fraction of sp³-hybridized carbons (Fsp3) is 0.300. The van der Waals surface area contributed by atoms with Crippen molar-refractivity contribution >= 4 is 17.5 Å². The lowest BCUT2D eigenvalue weighted by atomic mass is 10.0. The van der Waals surface area contributed by atoms with Crippen LogP contribution in [0.1, 0.15) is 41.4 Å². The second-order valence-corrected chi connectivity index (χ2v) is 6.01. The van der Waals surface area contributed by atoms with Gasteiger partial charge in [0.25, 0.3) is 5.91 Å². The average Bonchev–Trinajstić information content (AvgIpc) is 2.59. The Bertz CT molecular complexity index is 743. The molecule has 0 aliphatic rings. The van der Waals surface area contributed by atoms with E-state index in [0.717, 1.165) is 29.8 Å².